The van der Waals surface area contributed by atoms with E-state index in [2.05, 4.69) is 0 Å². The van der Waals surface area contributed by atoms with Crippen LogP contribution in [-0.4, -0.2) is 40.8 Å². The Morgan fingerprint density at radius 2 is 1.35 bits per heavy atom. The summed E-state index contributed by atoms with van der Waals surface area (Å²) in [6, 6.07) is 0. The van der Waals surface area contributed by atoms with Crippen LogP contribution in [0.3, 0.4) is 0 Å². The maximum absolute atomic E-state index is 12.9. The fraction of sp³-hybridized carbons (Fsp3) is 0.875. The van der Waals surface area contributed by atoms with E-state index in [-0.39, 0.29) is 4.43 Å². The Labute approximate surface area is 120 Å². The molecule has 0 unspecified atom stereocenters. The van der Waals surface area contributed by atoms with Crippen LogP contribution in [0.25, 0.3) is 0 Å². The van der Waals surface area contributed by atoms with E-state index in [0.717, 1.165) is 0 Å². The lowest BCUT2D eigenvalue weighted by molar-refractivity contribution is -0.396. The molecular formula is C8H7F9INO. The van der Waals surface area contributed by atoms with Crippen molar-refractivity contribution in [3.05, 3.63) is 0 Å². The first kappa shape index (κ1) is 19.6. The Morgan fingerprint density at radius 1 is 0.900 bits per heavy atom. The molecule has 0 rings (SSSR count). The smallest absolute Gasteiger partial charge is 0.355 e. The number of halogens is 10. The Balaban J connectivity index is 5.03. The number of hydrogen-bond donors (Lipinski definition) is 1. The highest BCUT2D eigenvalue weighted by Crippen LogP contribution is 2.53. The molecule has 0 aliphatic heterocycles. The van der Waals surface area contributed by atoms with Gasteiger partial charge in [-0.2, -0.15) is 39.5 Å². The van der Waals surface area contributed by atoms with Gasteiger partial charge in [0, 0.05) is 13.0 Å². The Bertz CT molecular complexity index is 354. The zero-order valence-corrected chi connectivity index (χ0v) is 11.5. The average Bonchev–Trinajstić information content (AvgIpc) is 2.26. The minimum absolute atomic E-state index is 0.224. The van der Waals surface area contributed by atoms with Crippen LogP contribution in [0.1, 0.15) is 6.42 Å². The van der Waals surface area contributed by atoms with Gasteiger partial charge in [-0.3, -0.25) is 4.79 Å². The van der Waals surface area contributed by atoms with Crippen LogP contribution in [0.15, 0.2) is 0 Å². The van der Waals surface area contributed by atoms with E-state index in [4.69, 9.17) is 0 Å². The van der Waals surface area contributed by atoms with E-state index in [1.165, 1.54) is 22.6 Å². The minimum Gasteiger partial charge on any atom is -0.355 e. The van der Waals surface area contributed by atoms with E-state index in [9.17, 15) is 44.3 Å². The second kappa shape index (κ2) is 6.13. The molecule has 12 heteroatoms. The van der Waals surface area contributed by atoms with Gasteiger partial charge in [-0.15, -0.1) is 0 Å². The lowest BCUT2D eigenvalue weighted by Gasteiger charge is -2.33. The fourth-order valence-corrected chi connectivity index (χ4v) is 1.24. The van der Waals surface area contributed by atoms with Gasteiger partial charge in [-0.25, -0.2) is 0 Å². The molecule has 0 fully saturated rings. The predicted octanol–water partition coefficient (Wildman–Crippen LogP) is 3.40. The van der Waals surface area contributed by atoms with Gasteiger partial charge >= 0.3 is 23.9 Å². The summed E-state index contributed by atoms with van der Waals surface area (Å²) in [5, 5.41) is 1.66. The Hall–Kier alpha value is -0.430. The number of rotatable bonds is 6. The second-order valence-electron chi connectivity index (χ2n) is 3.58. The van der Waals surface area contributed by atoms with Crippen LogP contribution in [0.4, 0.5) is 39.5 Å². The molecule has 0 heterocycles. The number of hydrogen-bond acceptors (Lipinski definition) is 1. The van der Waals surface area contributed by atoms with Gasteiger partial charge in [-0.05, 0) is 0 Å². The van der Waals surface area contributed by atoms with Gasteiger partial charge in [0.05, 0.1) is 4.43 Å². The van der Waals surface area contributed by atoms with Gasteiger partial charge in [-0.1, -0.05) is 22.6 Å². The first-order chi connectivity index (χ1) is 8.70. The average molecular weight is 431 g/mol. The molecule has 0 saturated carbocycles. The summed E-state index contributed by atoms with van der Waals surface area (Å²) in [6.45, 7) is -1.17. The van der Waals surface area contributed by atoms with Crippen molar-refractivity contribution in [3.8, 4) is 0 Å². The molecule has 0 aliphatic carbocycles. The molecule has 0 aromatic carbocycles. The summed E-state index contributed by atoms with van der Waals surface area (Å²) in [4.78, 5) is 10.6. The van der Waals surface area contributed by atoms with Crippen LogP contribution in [0.5, 0.6) is 0 Å². The molecule has 0 saturated heterocycles. The summed E-state index contributed by atoms with van der Waals surface area (Å²) >= 11 is 1.50. The maximum atomic E-state index is 12.9. The van der Waals surface area contributed by atoms with Gasteiger partial charge < -0.3 is 5.32 Å². The van der Waals surface area contributed by atoms with Crippen molar-refractivity contribution in [1.82, 2.24) is 5.32 Å². The SMILES string of the molecule is O=C(CI)NCCC(F)(F)C(F)(F)C(F)(F)C(F)(F)F. The first-order valence-electron chi connectivity index (χ1n) is 4.73. The Kier molecular flexibility index (Phi) is 6.00. The summed E-state index contributed by atoms with van der Waals surface area (Å²) in [6.07, 6.45) is -8.89. The van der Waals surface area contributed by atoms with Crippen LogP contribution < -0.4 is 5.32 Å². The quantitative estimate of drug-likeness (QED) is 0.390. The van der Waals surface area contributed by atoms with E-state index in [1.807, 2.05) is 0 Å². The van der Waals surface area contributed by atoms with E-state index < -0.39 is 42.8 Å². The summed E-state index contributed by atoms with van der Waals surface area (Å²) in [7, 11) is 0. The highest BCUT2D eigenvalue weighted by Gasteiger charge is 2.81. The van der Waals surface area contributed by atoms with Gasteiger partial charge in [0.15, 0.2) is 0 Å². The molecular weight excluding hydrogens is 424 g/mol. The number of amides is 1. The van der Waals surface area contributed by atoms with Gasteiger partial charge in [0.1, 0.15) is 0 Å². The predicted molar refractivity (Wildman–Crippen MR) is 57.4 cm³/mol. The summed E-state index contributed by atoms with van der Waals surface area (Å²) in [5.74, 6) is -20.0. The summed E-state index contributed by atoms with van der Waals surface area (Å²) in [5.41, 5.74) is 0. The molecule has 1 amide bonds. The van der Waals surface area contributed by atoms with E-state index in [0.29, 0.717) is 0 Å². The number of nitrogens with one attached hydrogen (secondary N) is 1. The van der Waals surface area contributed by atoms with Crippen LogP contribution >= 0.6 is 22.6 Å². The second-order valence-corrected chi connectivity index (χ2v) is 4.35. The maximum Gasteiger partial charge on any atom is 0.460 e. The van der Waals surface area contributed by atoms with E-state index in [1.54, 1.807) is 5.32 Å². The molecule has 1 N–H and O–H groups in total. The third-order valence-electron chi connectivity index (χ3n) is 2.09. The van der Waals surface area contributed by atoms with Crippen LogP contribution in [0.2, 0.25) is 0 Å². The van der Waals surface area contributed by atoms with E-state index >= 15 is 0 Å². The van der Waals surface area contributed by atoms with Crippen LogP contribution in [-0.2, 0) is 4.79 Å². The minimum atomic E-state index is -6.89. The standard InChI is InChI=1S/C8H7F9INO/c9-5(10,1-2-19-4(20)3-18)6(11,12)7(13,14)8(15,16)17/h1-3H2,(H,19,20). The van der Waals surface area contributed by atoms with Crippen molar-refractivity contribution in [2.75, 3.05) is 11.0 Å². The largest absolute Gasteiger partial charge is 0.460 e. The number of alkyl halides is 10. The molecule has 0 atom stereocenters. The van der Waals surface area contributed by atoms with Crippen molar-refractivity contribution in [3.63, 3.8) is 0 Å². The zero-order chi connectivity index (χ0) is 16.4. The van der Waals surface area contributed by atoms with Crippen molar-refractivity contribution >= 4 is 28.5 Å². The lowest BCUT2D eigenvalue weighted by atomic mass is 10.0. The highest BCUT2D eigenvalue weighted by molar-refractivity contribution is 14.1. The normalized spacial score (nSPS) is 14.3. The van der Waals surface area contributed by atoms with Crippen LogP contribution in [0, 0.1) is 0 Å². The number of carbonyl (C=O) groups is 1. The molecule has 0 aromatic rings. The number of carbonyl (C=O) groups excluding carboxylic acids is 1. The summed E-state index contributed by atoms with van der Waals surface area (Å²) < 4.78 is 111. The van der Waals surface area contributed by atoms with Crippen molar-refractivity contribution in [2.24, 2.45) is 0 Å². The molecule has 20 heavy (non-hydrogen) atoms. The molecule has 2 nitrogen and oxygen atoms in total. The zero-order valence-electron chi connectivity index (χ0n) is 9.31. The first-order valence-corrected chi connectivity index (χ1v) is 6.26. The van der Waals surface area contributed by atoms with Crippen molar-refractivity contribution in [2.45, 2.75) is 30.4 Å². The fourth-order valence-electron chi connectivity index (χ4n) is 0.971. The third-order valence-corrected chi connectivity index (χ3v) is 2.79. The van der Waals surface area contributed by atoms with Crippen molar-refractivity contribution in [1.29, 1.82) is 0 Å². The lowest BCUT2D eigenvalue weighted by Crippen LogP contribution is -2.61. The Morgan fingerprint density at radius 3 is 1.70 bits per heavy atom. The van der Waals surface area contributed by atoms with Gasteiger partial charge in [0.25, 0.3) is 0 Å². The van der Waals surface area contributed by atoms with Crippen molar-refractivity contribution < 1.29 is 44.3 Å². The molecule has 0 spiro atoms. The topological polar surface area (TPSA) is 29.1 Å². The highest BCUT2D eigenvalue weighted by atomic mass is 127. The molecule has 0 aliphatic rings. The molecule has 0 bridgehead atoms. The molecule has 120 valence electrons. The van der Waals surface area contributed by atoms with Gasteiger partial charge in [0.2, 0.25) is 5.91 Å². The molecule has 0 aromatic heterocycles. The molecule has 0 radical (unpaired) electrons. The monoisotopic (exact) mass is 431 g/mol. The third kappa shape index (κ3) is 3.81.